The lowest BCUT2D eigenvalue weighted by molar-refractivity contribution is -0.136. The molecule has 196 valence electrons. The first-order valence-corrected chi connectivity index (χ1v) is 13.3. The van der Waals surface area contributed by atoms with Crippen LogP contribution in [-0.4, -0.2) is 36.4 Å². The van der Waals surface area contributed by atoms with Crippen LogP contribution in [0.2, 0.25) is 0 Å². The molecule has 5 unspecified atom stereocenters. The van der Waals surface area contributed by atoms with E-state index in [9.17, 15) is 31.2 Å². The fourth-order valence-electron chi connectivity index (χ4n) is 6.68. The molecule has 11 heteroatoms. The smallest absolute Gasteiger partial charge is 0.443 e. The Bertz CT molecular complexity index is 1110. The number of ether oxygens (including phenoxy) is 1. The summed E-state index contributed by atoms with van der Waals surface area (Å²) in [6, 6.07) is 0. The molecule has 7 nitrogen and oxygen atoms in total. The second kappa shape index (κ2) is 7.98. The van der Waals surface area contributed by atoms with Gasteiger partial charge in [0.15, 0.2) is 0 Å². The van der Waals surface area contributed by atoms with Gasteiger partial charge in [0, 0.05) is 22.9 Å². The van der Waals surface area contributed by atoms with Gasteiger partial charge in [0.25, 0.3) is 0 Å². The van der Waals surface area contributed by atoms with Crippen LogP contribution >= 0.6 is 0 Å². The number of nitrogens with zero attached hydrogens (tertiary/aromatic N) is 1. The minimum absolute atomic E-state index is 0.0436. The van der Waals surface area contributed by atoms with Gasteiger partial charge in [-0.15, -0.1) is 0 Å². The Morgan fingerprint density at radius 1 is 1.06 bits per heavy atom. The number of carbonyl (C=O) groups excluding carboxylic acids is 2. The van der Waals surface area contributed by atoms with Crippen LogP contribution in [0.4, 0.5) is 18.0 Å². The molecule has 4 aliphatic rings. The second-order valence-corrected chi connectivity index (χ2v) is 13.1. The zero-order chi connectivity index (χ0) is 26.2. The van der Waals surface area contributed by atoms with E-state index in [0.717, 1.165) is 4.90 Å². The van der Waals surface area contributed by atoms with Crippen molar-refractivity contribution < 1.29 is 40.1 Å². The number of halogens is 3. The van der Waals surface area contributed by atoms with Crippen molar-refractivity contribution in [2.45, 2.75) is 84.3 Å². The van der Waals surface area contributed by atoms with Crippen LogP contribution in [0.3, 0.4) is 0 Å². The molecule has 0 aromatic rings. The molecule has 4 rings (SSSR count). The first-order chi connectivity index (χ1) is 15.9. The van der Waals surface area contributed by atoms with E-state index in [2.05, 4.69) is 4.18 Å². The number of amides is 2. The highest BCUT2D eigenvalue weighted by molar-refractivity contribution is 7.87. The molecular weight excluding hydrogens is 487 g/mol. The molecule has 0 aromatic carbocycles. The van der Waals surface area contributed by atoms with E-state index in [0.29, 0.717) is 37.8 Å². The van der Waals surface area contributed by atoms with E-state index in [1.54, 1.807) is 27.7 Å². The molecule has 1 saturated heterocycles. The van der Waals surface area contributed by atoms with Gasteiger partial charge in [-0.2, -0.15) is 21.6 Å². The largest absolute Gasteiger partial charge is 0.534 e. The zero-order valence-electron chi connectivity index (χ0n) is 20.6. The van der Waals surface area contributed by atoms with Crippen molar-refractivity contribution in [3.8, 4) is 0 Å². The third-order valence-corrected chi connectivity index (χ3v) is 9.31. The average molecular weight is 520 g/mol. The molecular formula is C24H32F3NO6S. The van der Waals surface area contributed by atoms with Crippen LogP contribution < -0.4 is 0 Å². The fourth-order valence-corrected chi connectivity index (χ4v) is 7.27. The van der Waals surface area contributed by atoms with Crippen molar-refractivity contribution in [3.63, 3.8) is 0 Å². The Morgan fingerprint density at radius 3 is 2.31 bits per heavy atom. The molecule has 0 spiro atoms. The van der Waals surface area contributed by atoms with Gasteiger partial charge in [-0.1, -0.05) is 19.9 Å². The lowest BCUT2D eigenvalue weighted by Crippen LogP contribution is -2.55. The summed E-state index contributed by atoms with van der Waals surface area (Å²) in [4.78, 5) is 26.9. The molecule has 1 saturated carbocycles. The number of alkyl halides is 3. The highest BCUT2D eigenvalue weighted by Gasteiger charge is 2.61. The summed E-state index contributed by atoms with van der Waals surface area (Å²) < 4.78 is 72.4. The lowest BCUT2D eigenvalue weighted by atomic mass is 9.49. The van der Waals surface area contributed by atoms with E-state index in [1.165, 1.54) is 6.08 Å². The standard InChI is InChI=1S/C24H32F3NO6S/c1-21(2,3)33-20(30)28-17-8-6-14-15-7-9-18(34-35(31,32)24(25,26)27)23(15,5)12-10-16(14)22(17,4)13-11-19(28)29/h8-9,14-16H,6-7,10-13H2,1-5H3. The number of fused-ring (bicyclic) bond motifs is 5. The summed E-state index contributed by atoms with van der Waals surface area (Å²) in [5, 5.41) is 0. The summed E-state index contributed by atoms with van der Waals surface area (Å²) in [6.07, 6.45) is 5.40. The Labute approximate surface area is 203 Å². The highest BCUT2D eigenvalue weighted by Crippen LogP contribution is 2.65. The van der Waals surface area contributed by atoms with Crippen LogP contribution in [-0.2, 0) is 23.8 Å². The monoisotopic (exact) mass is 519 g/mol. The van der Waals surface area contributed by atoms with Gasteiger partial charge in [0.1, 0.15) is 11.4 Å². The Balaban J connectivity index is 1.62. The van der Waals surface area contributed by atoms with Crippen molar-refractivity contribution in [2.24, 2.45) is 28.6 Å². The summed E-state index contributed by atoms with van der Waals surface area (Å²) in [7, 11) is -5.74. The van der Waals surface area contributed by atoms with Gasteiger partial charge >= 0.3 is 21.7 Å². The van der Waals surface area contributed by atoms with E-state index < -0.39 is 38.2 Å². The summed E-state index contributed by atoms with van der Waals surface area (Å²) in [6.45, 7) is 9.01. The number of piperidine rings is 1. The number of hydrogen-bond acceptors (Lipinski definition) is 6. The molecule has 0 bridgehead atoms. The number of allylic oxidation sites excluding steroid dienone is 4. The second-order valence-electron chi connectivity index (χ2n) is 11.6. The molecule has 2 fully saturated rings. The van der Waals surface area contributed by atoms with Gasteiger partial charge in [-0.25, -0.2) is 9.69 Å². The molecule has 5 atom stereocenters. The van der Waals surface area contributed by atoms with Gasteiger partial charge in [-0.05, 0) is 76.7 Å². The maximum Gasteiger partial charge on any atom is 0.534 e. The molecule has 0 aromatic heterocycles. The maximum absolute atomic E-state index is 13.0. The van der Waals surface area contributed by atoms with Gasteiger partial charge < -0.3 is 8.92 Å². The quantitative estimate of drug-likeness (QED) is 0.346. The van der Waals surface area contributed by atoms with Gasteiger partial charge in [0.2, 0.25) is 5.91 Å². The SMILES string of the molecule is CC(C)(C)OC(=O)N1C(=O)CCC2(C)C1=CCC1C3CC=C(OS(=O)(=O)C(F)(F)F)C3(C)CCC12. The fraction of sp³-hybridized carbons (Fsp3) is 0.750. The molecule has 0 N–H and O–H groups in total. The minimum atomic E-state index is -5.74. The molecule has 1 aliphatic heterocycles. The van der Waals surface area contributed by atoms with Crippen LogP contribution in [0.1, 0.15) is 73.1 Å². The number of rotatable bonds is 2. The number of carbonyl (C=O) groups is 2. The first-order valence-electron chi connectivity index (χ1n) is 11.9. The molecule has 2 amide bonds. The maximum atomic E-state index is 13.0. The van der Waals surface area contributed by atoms with Crippen LogP contribution in [0.5, 0.6) is 0 Å². The predicted octanol–water partition coefficient (Wildman–Crippen LogP) is 5.64. The number of likely N-dealkylation sites (tertiary alicyclic amines) is 1. The van der Waals surface area contributed by atoms with Crippen LogP contribution in [0.25, 0.3) is 0 Å². The van der Waals surface area contributed by atoms with Crippen molar-refractivity contribution in [2.75, 3.05) is 0 Å². The van der Waals surface area contributed by atoms with Crippen LogP contribution in [0, 0.1) is 28.6 Å². The number of imide groups is 1. The average Bonchev–Trinajstić information content (AvgIpc) is 3.02. The van der Waals surface area contributed by atoms with E-state index >= 15 is 0 Å². The zero-order valence-corrected chi connectivity index (χ0v) is 21.4. The highest BCUT2D eigenvalue weighted by atomic mass is 32.2. The number of hydrogen-bond donors (Lipinski definition) is 0. The summed E-state index contributed by atoms with van der Waals surface area (Å²) in [5.41, 5.74) is -6.95. The molecule has 3 aliphatic carbocycles. The topological polar surface area (TPSA) is 90.0 Å². The third-order valence-electron chi connectivity index (χ3n) is 8.34. The van der Waals surface area contributed by atoms with Crippen molar-refractivity contribution in [1.29, 1.82) is 0 Å². The molecule has 0 radical (unpaired) electrons. The van der Waals surface area contributed by atoms with E-state index in [4.69, 9.17) is 4.74 Å². The van der Waals surface area contributed by atoms with Crippen molar-refractivity contribution >= 4 is 22.1 Å². The molecule has 35 heavy (non-hydrogen) atoms. The van der Waals surface area contributed by atoms with E-state index in [-0.39, 0.29) is 35.8 Å². The van der Waals surface area contributed by atoms with E-state index in [1.807, 2.05) is 13.0 Å². The Kier molecular flexibility index (Phi) is 5.94. The Hall–Kier alpha value is -2.04. The third kappa shape index (κ3) is 4.17. The Morgan fingerprint density at radius 2 is 1.71 bits per heavy atom. The van der Waals surface area contributed by atoms with Crippen LogP contribution in [0.15, 0.2) is 23.6 Å². The summed E-state index contributed by atoms with van der Waals surface area (Å²) in [5.74, 6) is -0.431. The van der Waals surface area contributed by atoms with Gasteiger partial charge in [-0.3, -0.25) is 4.79 Å². The van der Waals surface area contributed by atoms with Crippen molar-refractivity contribution in [3.05, 3.63) is 23.6 Å². The lowest BCUT2D eigenvalue weighted by Gasteiger charge is -2.57. The molecule has 1 heterocycles. The van der Waals surface area contributed by atoms with Gasteiger partial charge in [0.05, 0.1) is 0 Å². The first kappa shape index (κ1) is 26.0. The normalized spacial score (nSPS) is 35.4. The minimum Gasteiger partial charge on any atom is -0.443 e. The predicted molar refractivity (Wildman–Crippen MR) is 120 cm³/mol. The summed E-state index contributed by atoms with van der Waals surface area (Å²) >= 11 is 0. The van der Waals surface area contributed by atoms with Crippen molar-refractivity contribution in [1.82, 2.24) is 4.90 Å².